The molecule has 0 radical (unpaired) electrons. The Labute approximate surface area is 122 Å². The number of amides is 2. The monoisotopic (exact) mass is 286 g/mol. The molecule has 1 aliphatic heterocycles. The number of fused-ring (bicyclic) bond motifs is 1. The first-order chi connectivity index (χ1) is 10.2. The molecule has 0 saturated carbocycles. The van der Waals surface area contributed by atoms with Crippen molar-refractivity contribution in [2.24, 2.45) is 0 Å². The van der Waals surface area contributed by atoms with Gasteiger partial charge in [-0.2, -0.15) is 0 Å². The number of nitrogens with zero attached hydrogens (tertiary/aromatic N) is 1. The third-order valence-electron chi connectivity index (χ3n) is 3.31. The normalized spacial score (nSPS) is 13.9. The molecule has 0 unspecified atom stereocenters. The second-order valence-corrected chi connectivity index (χ2v) is 4.82. The molecular weight excluding hydrogens is 271 g/mol. The van der Waals surface area contributed by atoms with Crippen molar-refractivity contribution in [3.63, 3.8) is 0 Å². The van der Waals surface area contributed by atoms with Crippen LogP contribution in [0.25, 0.3) is 0 Å². The van der Waals surface area contributed by atoms with Crippen LogP contribution >= 0.6 is 0 Å². The van der Waals surface area contributed by atoms with Crippen LogP contribution in [0.2, 0.25) is 0 Å². The quantitative estimate of drug-likeness (QED) is 0.874. The molecule has 0 bridgehead atoms. The van der Waals surface area contributed by atoms with Gasteiger partial charge in [0.25, 0.3) is 0 Å². The number of carbonyl (C=O) groups is 1. The molecule has 0 aliphatic carbocycles. The summed E-state index contributed by atoms with van der Waals surface area (Å²) in [6.07, 6.45) is 0. The van der Waals surface area contributed by atoms with E-state index in [0.29, 0.717) is 31.0 Å². The zero-order chi connectivity index (χ0) is 14.7. The number of nitrogens with one attached hydrogen (secondary N) is 1. The molecule has 108 valence electrons. The first kappa shape index (κ1) is 13.4. The molecule has 3 rings (SSSR count). The highest BCUT2D eigenvalue weighted by atomic mass is 19.1. The molecular formula is C16H15FN2O2. The van der Waals surface area contributed by atoms with Gasteiger partial charge in [-0.15, -0.1) is 0 Å². The largest absolute Gasteiger partial charge is 0.491 e. The van der Waals surface area contributed by atoms with E-state index in [-0.39, 0.29) is 11.8 Å². The fourth-order valence-corrected chi connectivity index (χ4v) is 2.26. The lowest BCUT2D eigenvalue weighted by Gasteiger charge is -2.20. The maximum atomic E-state index is 13.3. The summed E-state index contributed by atoms with van der Waals surface area (Å²) in [6, 6.07) is 13.4. The van der Waals surface area contributed by atoms with Gasteiger partial charge in [-0.05, 0) is 30.3 Å². The number of benzene rings is 2. The number of anilines is 1. The Morgan fingerprint density at radius 1 is 1.19 bits per heavy atom. The lowest BCUT2D eigenvalue weighted by Crippen LogP contribution is -2.36. The van der Waals surface area contributed by atoms with Crippen molar-refractivity contribution in [3.05, 3.63) is 59.9 Å². The molecule has 2 aromatic carbocycles. The van der Waals surface area contributed by atoms with E-state index >= 15 is 0 Å². The van der Waals surface area contributed by atoms with Crippen LogP contribution in [-0.2, 0) is 6.54 Å². The first-order valence-corrected chi connectivity index (χ1v) is 6.74. The lowest BCUT2D eigenvalue weighted by atomic mass is 10.2. The molecule has 0 spiro atoms. The molecule has 5 heteroatoms. The van der Waals surface area contributed by atoms with Crippen molar-refractivity contribution in [3.8, 4) is 5.75 Å². The first-order valence-electron chi connectivity index (χ1n) is 6.74. The van der Waals surface area contributed by atoms with Crippen LogP contribution in [0, 0.1) is 5.82 Å². The fourth-order valence-electron chi connectivity index (χ4n) is 2.26. The van der Waals surface area contributed by atoms with E-state index in [1.54, 1.807) is 11.0 Å². The maximum absolute atomic E-state index is 13.3. The Morgan fingerprint density at radius 2 is 2.00 bits per heavy atom. The summed E-state index contributed by atoms with van der Waals surface area (Å²) in [7, 11) is 0. The van der Waals surface area contributed by atoms with Crippen molar-refractivity contribution in [1.29, 1.82) is 0 Å². The molecule has 1 N–H and O–H groups in total. The molecule has 0 atom stereocenters. The molecule has 2 aromatic rings. The van der Waals surface area contributed by atoms with Crippen LogP contribution in [-0.4, -0.2) is 24.1 Å². The SMILES string of the molecule is O=C(Nc1ccccc1)N1CCOc2ccc(F)cc2C1. The van der Waals surface area contributed by atoms with Crippen molar-refractivity contribution in [2.45, 2.75) is 6.54 Å². The molecule has 0 saturated heterocycles. The van der Waals surface area contributed by atoms with Gasteiger partial charge in [0.05, 0.1) is 13.1 Å². The second kappa shape index (κ2) is 5.83. The van der Waals surface area contributed by atoms with Gasteiger partial charge in [0.2, 0.25) is 0 Å². The number of halogens is 1. The lowest BCUT2D eigenvalue weighted by molar-refractivity contribution is 0.200. The smallest absolute Gasteiger partial charge is 0.322 e. The third-order valence-corrected chi connectivity index (χ3v) is 3.31. The van der Waals surface area contributed by atoms with E-state index in [1.165, 1.54) is 12.1 Å². The Balaban J connectivity index is 1.75. The van der Waals surface area contributed by atoms with Crippen LogP contribution < -0.4 is 10.1 Å². The highest BCUT2D eigenvalue weighted by Crippen LogP contribution is 2.24. The van der Waals surface area contributed by atoms with Crippen LogP contribution in [0.15, 0.2) is 48.5 Å². The van der Waals surface area contributed by atoms with Crippen molar-refractivity contribution in [2.75, 3.05) is 18.5 Å². The Hall–Kier alpha value is -2.56. The van der Waals surface area contributed by atoms with Gasteiger partial charge in [0.1, 0.15) is 18.2 Å². The summed E-state index contributed by atoms with van der Waals surface area (Å²) in [5, 5.41) is 2.82. The van der Waals surface area contributed by atoms with Crippen LogP contribution in [0.4, 0.5) is 14.9 Å². The Kier molecular flexibility index (Phi) is 3.73. The van der Waals surface area contributed by atoms with Gasteiger partial charge in [0.15, 0.2) is 0 Å². The summed E-state index contributed by atoms with van der Waals surface area (Å²) in [4.78, 5) is 13.9. The standard InChI is InChI=1S/C16H15FN2O2/c17-13-6-7-15-12(10-13)11-19(8-9-21-15)16(20)18-14-4-2-1-3-5-14/h1-7,10H,8-9,11H2,(H,18,20). The summed E-state index contributed by atoms with van der Waals surface area (Å²) >= 11 is 0. The van der Waals surface area contributed by atoms with Crippen LogP contribution in [0.3, 0.4) is 0 Å². The van der Waals surface area contributed by atoms with Gasteiger partial charge in [0, 0.05) is 11.3 Å². The minimum Gasteiger partial charge on any atom is -0.491 e. The van der Waals surface area contributed by atoms with Gasteiger partial charge in [-0.1, -0.05) is 18.2 Å². The van der Waals surface area contributed by atoms with Gasteiger partial charge in [-0.3, -0.25) is 0 Å². The van der Waals surface area contributed by atoms with Crippen molar-refractivity contribution < 1.29 is 13.9 Å². The predicted molar refractivity (Wildman–Crippen MR) is 77.8 cm³/mol. The Morgan fingerprint density at radius 3 is 2.81 bits per heavy atom. The highest BCUT2D eigenvalue weighted by Gasteiger charge is 2.20. The number of para-hydroxylation sites is 1. The molecule has 1 heterocycles. The van der Waals surface area contributed by atoms with Crippen LogP contribution in [0.1, 0.15) is 5.56 Å². The number of hydrogen-bond acceptors (Lipinski definition) is 2. The van der Waals surface area contributed by atoms with Gasteiger partial charge in [-0.25, -0.2) is 9.18 Å². The van der Waals surface area contributed by atoms with Crippen LogP contribution in [0.5, 0.6) is 5.75 Å². The van der Waals surface area contributed by atoms with E-state index in [9.17, 15) is 9.18 Å². The molecule has 21 heavy (non-hydrogen) atoms. The number of urea groups is 1. The van der Waals surface area contributed by atoms with E-state index < -0.39 is 0 Å². The third kappa shape index (κ3) is 3.13. The average Bonchev–Trinajstić information content (AvgIpc) is 2.70. The van der Waals surface area contributed by atoms with E-state index in [0.717, 1.165) is 5.69 Å². The van der Waals surface area contributed by atoms with Crippen molar-refractivity contribution >= 4 is 11.7 Å². The minimum absolute atomic E-state index is 0.220. The second-order valence-electron chi connectivity index (χ2n) is 4.82. The highest BCUT2D eigenvalue weighted by molar-refractivity contribution is 5.89. The average molecular weight is 286 g/mol. The fraction of sp³-hybridized carbons (Fsp3) is 0.188. The van der Waals surface area contributed by atoms with E-state index in [1.807, 2.05) is 30.3 Å². The summed E-state index contributed by atoms with van der Waals surface area (Å²) in [5.41, 5.74) is 1.41. The topological polar surface area (TPSA) is 41.6 Å². The molecule has 0 fully saturated rings. The zero-order valence-electron chi connectivity index (χ0n) is 11.4. The number of rotatable bonds is 1. The zero-order valence-corrected chi connectivity index (χ0v) is 11.4. The summed E-state index contributed by atoms with van der Waals surface area (Å²) in [5.74, 6) is 0.300. The van der Waals surface area contributed by atoms with Gasteiger partial charge < -0.3 is 15.0 Å². The summed E-state index contributed by atoms with van der Waals surface area (Å²) in [6.45, 7) is 1.17. The number of hydrogen-bond donors (Lipinski definition) is 1. The van der Waals surface area contributed by atoms with Crippen molar-refractivity contribution in [1.82, 2.24) is 4.90 Å². The molecule has 2 amide bonds. The molecule has 0 aromatic heterocycles. The predicted octanol–water partition coefficient (Wildman–Crippen LogP) is 3.25. The van der Waals surface area contributed by atoms with E-state index in [4.69, 9.17) is 4.74 Å². The number of ether oxygens (including phenoxy) is 1. The maximum Gasteiger partial charge on any atom is 0.322 e. The minimum atomic E-state index is -0.331. The molecule has 4 nitrogen and oxygen atoms in total. The van der Waals surface area contributed by atoms with Gasteiger partial charge >= 0.3 is 6.03 Å². The Bertz CT molecular complexity index is 646. The van der Waals surface area contributed by atoms with E-state index in [2.05, 4.69) is 5.32 Å². The summed E-state index contributed by atoms with van der Waals surface area (Å²) < 4.78 is 18.9. The number of carbonyl (C=O) groups excluding carboxylic acids is 1. The molecule has 1 aliphatic rings.